The first kappa shape index (κ1) is 22.4. The molecule has 2 saturated heterocycles. The molecule has 1 aromatic heterocycles. The average molecular weight is 411 g/mol. The Kier molecular flexibility index (Phi) is 9.96. The third-order valence-electron chi connectivity index (χ3n) is 4.53. The zero-order valence-corrected chi connectivity index (χ0v) is 17.1. The van der Waals surface area contributed by atoms with Gasteiger partial charge in [0.2, 0.25) is 11.0 Å². The largest absolute Gasteiger partial charge is 0.344 e. The Hall–Kier alpha value is -0.670. The number of amides is 1. The van der Waals surface area contributed by atoms with Crippen molar-refractivity contribution in [3.63, 3.8) is 0 Å². The molecule has 1 N–H and O–H groups in total. The normalized spacial score (nSPS) is 18.4. The maximum atomic E-state index is 12.2. The van der Waals surface area contributed by atoms with Crippen LogP contribution in [0.2, 0.25) is 0 Å². The van der Waals surface area contributed by atoms with E-state index in [0.717, 1.165) is 76.3 Å². The van der Waals surface area contributed by atoms with Gasteiger partial charge < -0.3 is 15.1 Å². The molecular formula is C15H28Cl2N6OS. The molecule has 25 heavy (non-hydrogen) atoms. The van der Waals surface area contributed by atoms with Gasteiger partial charge in [-0.15, -0.1) is 24.8 Å². The standard InChI is InChI=1S/C15H26N6OS.2ClH/c1-2-13-17-15(23-18-13)21-11-9-19(10-12-21)6-3-14(22)20-7-4-16-5-8-20;;/h16H,2-12H2,1H3;2*1H. The van der Waals surface area contributed by atoms with Crippen LogP contribution in [0.25, 0.3) is 0 Å². The van der Waals surface area contributed by atoms with Crippen LogP contribution in [0.5, 0.6) is 0 Å². The van der Waals surface area contributed by atoms with Crippen molar-refractivity contribution >= 4 is 47.4 Å². The summed E-state index contributed by atoms with van der Waals surface area (Å²) in [6.45, 7) is 10.4. The predicted octanol–water partition coefficient (Wildman–Crippen LogP) is 0.888. The average Bonchev–Trinajstić information content (AvgIpc) is 3.10. The van der Waals surface area contributed by atoms with Gasteiger partial charge in [0.15, 0.2) is 0 Å². The highest BCUT2D eigenvalue weighted by molar-refractivity contribution is 7.09. The third kappa shape index (κ3) is 6.21. The second kappa shape index (κ2) is 11.1. The van der Waals surface area contributed by atoms with Gasteiger partial charge in [-0.05, 0) is 0 Å². The van der Waals surface area contributed by atoms with Gasteiger partial charge in [0.05, 0.1) is 0 Å². The molecule has 0 radical (unpaired) electrons. The van der Waals surface area contributed by atoms with E-state index in [0.29, 0.717) is 12.3 Å². The summed E-state index contributed by atoms with van der Waals surface area (Å²) in [5.41, 5.74) is 0. The molecule has 2 aliphatic rings. The minimum absolute atomic E-state index is 0. The smallest absolute Gasteiger partial charge is 0.223 e. The first-order chi connectivity index (χ1) is 11.3. The van der Waals surface area contributed by atoms with Crippen LogP contribution < -0.4 is 10.2 Å². The van der Waals surface area contributed by atoms with E-state index in [9.17, 15) is 4.79 Å². The van der Waals surface area contributed by atoms with Gasteiger partial charge in [0.25, 0.3) is 0 Å². The molecule has 0 spiro atoms. The van der Waals surface area contributed by atoms with Crippen molar-refractivity contribution in [3.05, 3.63) is 5.82 Å². The molecule has 0 aliphatic carbocycles. The summed E-state index contributed by atoms with van der Waals surface area (Å²) in [5.74, 6) is 1.24. The van der Waals surface area contributed by atoms with Crippen LogP contribution in [-0.2, 0) is 11.2 Å². The lowest BCUT2D eigenvalue weighted by atomic mass is 10.2. The van der Waals surface area contributed by atoms with Crippen molar-refractivity contribution < 1.29 is 4.79 Å². The predicted molar refractivity (Wildman–Crippen MR) is 107 cm³/mol. The van der Waals surface area contributed by atoms with Crippen molar-refractivity contribution in [1.29, 1.82) is 0 Å². The number of carbonyl (C=O) groups excluding carboxylic acids is 1. The summed E-state index contributed by atoms with van der Waals surface area (Å²) < 4.78 is 4.36. The van der Waals surface area contributed by atoms with Crippen LogP contribution >= 0.6 is 36.3 Å². The summed E-state index contributed by atoms with van der Waals surface area (Å²) in [4.78, 5) is 23.5. The molecule has 2 aliphatic heterocycles. The molecular weight excluding hydrogens is 383 g/mol. The lowest BCUT2D eigenvalue weighted by Gasteiger charge is -2.35. The number of piperazine rings is 2. The zero-order chi connectivity index (χ0) is 16.1. The van der Waals surface area contributed by atoms with Gasteiger partial charge >= 0.3 is 0 Å². The van der Waals surface area contributed by atoms with Gasteiger partial charge in [0.1, 0.15) is 5.82 Å². The Morgan fingerprint density at radius 3 is 2.40 bits per heavy atom. The number of carbonyl (C=O) groups is 1. The van der Waals surface area contributed by atoms with Crippen molar-refractivity contribution in [3.8, 4) is 0 Å². The molecule has 1 amide bonds. The molecule has 0 saturated carbocycles. The minimum Gasteiger partial charge on any atom is -0.344 e. The number of aromatic nitrogens is 2. The quantitative estimate of drug-likeness (QED) is 0.777. The molecule has 0 unspecified atom stereocenters. The number of nitrogens with one attached hydrogen (secondary N) is 1. The molecule has 7 nitrogen and oxygen atoms in total. The van der Waals surface area contributed by atoms with Crippen LogP contribution in [0.4, 0.5) is 5.13 Å². The summed E-state index contributed by atoms with van der Waals surface area (Å²) in [6.07, 6.45) is 1.53. The molecule has 144 valence electrons. The number of hydrogen-bond acceptors (Lipinski definition) is 7. The van der Waals surface area contributed by atoms with Crippen LogP contribution in [-0.4, -0.2) is 84.0 Å². The van der Waals surface area contributed by atoms with E-state index < -0.39 is 0 Å². The molecule has 3 heterocycles. The van der Waals surface area contributed by atoms with Gasteiger partial charge in [-0.2, -0.15) is 4.37 Å². The second-order valence-corrected chi connectivity index (χ2v) is 6.79. The van der Waals surface area contributed by atoms with Crippen molar-refractivity contribution in [2.45, 2.75) is 19.8 Å². The van der Waals surface area contributed by atoms with Crippen molar-refractivity contribution in [1.82, 2.24) is 24.5 Å². The van der Waals surface area contributed by atoms with E-state index >= 15 is 0 Å². The lowest BCUT2D eigenvalue weighted by molar-refractivity contribution is -0.132. The molecule has 0 aromatic carbocycles. The molecule has 0 atom stereocenters. The van der Waals surface area contributed by atoms with Crippen LogP contribution in [0, 0.1) is 0 Å². The van der Waals surface area contributed by atoms with Crippen LogP contribution in [0.3, 0.4) is 0 Å². The summed E-state index contributed by atoms with van der Waals surface area (Å²) in [6, 6.07) is 0. The molecule has 1 aromatic rings. The zero-order valence-electron chi connectivity index (χ0n) is 14.6. The van der Waals surface area contributed by atoms with E-state index in [1.165, 1.54) is 11.5 Å². The maximum Gasteiger partial charge on any atom is 0.223 e. The second-order valence-electron chi connectivity index (χ2n) is 6.06. The number of nitrogens with zero attached hydrogens (tertiary/aromatic N) is 5. The third-order valence-corrected chi connectivity index (χ3v) is 5.34. The Labute approximate surface area is 166 Å². The van der Waals surface area contributed by atoms with E-state index in [1.807, 2.05) is 4.90 Å². The SMILES string of the molecule is CCc1nsc(N2CCN(CCC(=O)N3CCNCC3)CC2)n1.Cl.Cl. The number of rotatable bonds is 5. The fourth-order valence-electron chi connectivity index (χ4n) is 3.01. The first-order valence-corrected chi connectivity index (χ1v) is 9.32. The van der Waals surface area contributed by atoms with Gasteiger partial charge in [0, 0.05) is 83.3 Å². The molecule has 0 bridgehead atoms. The Morgan fingerprint density at radius 1 is 1.12 bits per heavy atom. The van der Waals surface area contributed by atoms with E-state index in [4.69, 9.17) is 0 Å². The van der Waals surface area contributed by atoms with Crippen LogP contribution in [0.1, 0.15) is 19.2 Å². The van der Waals surface area contributed by atoms with Gasteiger partial charge in [-0.25, -0.2) is 4.98 Å². The van der Waals surface area contributed by atoms with Crippen LogP contribution in [0.15, 0.2) is 0 Å². The number of anilines is 1. The fourth-order valence-corrected chi connectivity index (χ4v) is 3.81. The Morgan fingerprint density at radius 2 is 1.80 bits per heavy atom. The Bertz CT molecular complexity index is 518. The highest BCUT2D eigenvalue weighted by Gasteiger charge is 2.22. The maximum absolute atomic E-state index is 12.2. The van der Waals surface area contributed by atoms with E-state index in [1.54, 1.807) is 0 Å². The fraction of sp³-hybridized carbons (Fsp3) is 0.800. The molecule has 3 rings (SSSR count). The highest BCUT2D eigenvalue weighted by Crippen LogP contribution is 2.19. The van der Waals surface area contributed by atoms with Crippen molar-refractivity contribution in [2.24, 2.45) is 0 Å². The molecule has 2 fully saturated rings. The topological polar surface area (TPSA) is 64.6 Å². The summed E-state index contributed by atoms with van der Waals surface area (Å²) in [5, 5.41) is 4.32. The summed E-state index contributed by atoms with van der Waals surface area (Å²) in [7, 11) is 0. The highest BCUT2D eigenvalue weighted by atomic mass is 35.5. The van der Waals surface area contributed by atoms with Gasteiger partial charge in [-0.1, -0.05) is 6.92 Å². The summed E-state index contributed by atoms with van der Waals surface area (Å²) >= 11 is 1.50. The number of halogens is 2. The lowest BCUT2D eigenvalue weighted by Crippen LogP contribution is -2.49. The minimum atomic E-state index is 0. The Balaban J connectivity index is 0.00000156. The van der Waals surface area contributed by atoms with E-state index in [2.05, 4.69) is 31.4 Å². The number of aryl methyl sites for hydroxylation is 1. The number of hydrogen-bond donors (Lipinski definition) is 1. The van der Waals surface area contributed by atoms with Crippen molar-refractivity contribution in [2.75, 3.05) is 63.8 Å². The van der Waals surface area contributed by atoms with E-state index in [-0.39, 0.29) is 24.8 Å². The first-order valence-electron chi connectivity index (χ1n) is 8.54. The van der Waals surface area contributed by atoms with Gasteiger partial charge in [-0.3, -0.25) is 9.69 Å². The monoisotopic (exact) mass is 410 g/mol. The molecule has 10 heteroatoms.